The summed E-state index contributed by atoms with van der Waals surface area (Å²) in [6.07, 6.45) is 1.58. The monoisotopic (exact) mass is 347 g/mol. The Hall–Kier alpha value is -2.62. The highest BCUT2D eigenvalue weighted by atomic mass is 16.2. The fourth-order valence-electron chi connectivity index (χ4n) is 4.10. The normalized spacial score (nSPS) is 17.4. The van der Waals surface area contributed by atoms with E-state index in [4.69, 9.17) is 4.98 Å². The van der Waals surface area contributed by atoms with Crippen LogP contribution in [0.15, 0.2) is 42.5 Å². The molecular weight excluding hydrogens is 322 g/mol. The number of carbonyl (C=O) groups is 1. The van der Waals surface area contributed by atoms with E-state index in [1.165, 1.54) is 16.6 Å². The summed E-state index contributed by atoms with van der Waals surface area (Å²) in [6.45, 7) is 7.98. The van der Waals surface area contributed by atoms with Gasteiger partial charge in [0.25, 0.3) is 0 Å². The van der Waals surface area contributed by atoms with E-state index in [1.54, 1.807) is 0 Å². The van der Waals surface area contributed by atoms with E-state index in [2.05, 4.69) is 61.7 Å². The molecule has 0 saturated carbocycles. The second-order valence-electron chi connectivity index (χ2n) is 7.36. The second-order valence-corrected chi connectivity index (χ2v) is 7.36. The standard InChI is InChI=1S/C22H25N3O/c1-4-9-24-20-8-6-5-7-19(20)23-22(24)17-13-21(26)25(14-17)18-11-15(2)10-16(3)12-18/h5-8,10-12,17H,4,9,13-14H2,1-3H3/t17-/m0/s1. The summed E-state index contributed by atoms with van der Waals surface area (Å²) in [6, 6.07) is 14.6. The number of hydrogen-bond donors (Lipinski definition) is 0. The van der Waals surface area contributed by atoms with E-state index in [1.807, 2.05) is 11.0 Å². The second kappa shape index (κ2) is 6.60. The molecule has 0 spiro atoms. The molecule has 1 saturated heterocycles. The molecular formula is C22H25N3O. The Kier molecular flexibility index (Phi) is 4.27. The number of anilines is 1. The lowest BCUT2D eigenvalue weighted by molar-refractivity contribution is -0.117. The highest BCUT2D eigenvalue weighted by molar-refractivity contribution is 5.96. The molecule has 4 rings (SSSR count). The van der Waals surface area contributed by atoms with Crippen LogP contribution in [0.5, 0.6) is 0 Å². The van der Waals surface area contributed by atoms with Crippen molar-refractivity contribution < 1.29 is 4.79 Å². The summed E-state index contributed by atoms with van der Waals surface area (Å²) in [5, 5.41) is 0. The van der Waals surface area contributed by atoms with Gasteiger partial charge in [-0.2, -0.15) is 0 Å². The molecule has 3 aromatic rings. The predicted octanol–water partition coefficient (Wildman–Crippen LogP) is 4.58. The van der Waals surface area contributed by atoms with Crippen molar-refractivity contribution in [3.05, 3.63) is 59.4 Å². The van der Waals surface area contributed by atoms with E-state index in [0.717, 1.165) is 30.0 Å². The number of hydrogen-bond acceptors (Lipinski definition) is 2. The summed E-state index contributed by atoms with van der Waals surface area (Å²) in [7, 11) is 0. The van der Waals surface area contributed by atoms with E-state index >= 15 is 0 Å². The van der Waals surface area contributed by atoms with Gasteiger partial charge in [-0.1, -0.05) is 25.1 Å². The number of imidazole rings is 1. The van der Waals surface area contributed by atoms with Gasteiger partial charge in [-0.3, -0.25) is 4.79 Å². The number of carbonyl (C=O) groups excluding carboxylic acids is 1. The minimum atomic E-state index is 0.141. The van der Waals surface area contributed by atoms with Crippen molar-refractivity contribution >= 4 is 22.6 Å². The molecule has 1 aromatic heterocycles. The number of aromatic nitrogens is 2. The zero-order valence-corrected chi connectivity index (χ0v) is 15.7. The molecule has 1 aliphatic heterocycles. The Bertz CT molecular complexity index is 952. The minimum absolute atomic E-state index is 0.141. The first kappa shape index (κ1) is 16.8. The quantitative estimate of drug-likeness (QED) is 0.693. The van der Waals surface area contributed by atoms with Crippen LogP contribution in [0.25, 0.3) is 11.0 Å². The SMILES string of the molecule is CCCn1c([C@H]2CC(=O)N(c3cc(C)cc(C)c3)C2)nc2ccccc21. The maximum absolute atomic E-state index is 12.8. The smallest absolute Gasteiger partial charge is 0.227 e. The maximum Gasteiger partial charge on any atom is 0.227 e. The van der Waals surface area contributed by atoms with Crippen LogP contribution in [-0.4, -0.2) is 22.0 Å². The van der Waals surface area contributed by atoms with Gasteiger partial charge in [-0.05, 0) is 55.7 Å². The molecule has 1 atom stereocenters. The number of fused-ring (bicyclic) bond motifs is 1. The van der Waals surface area contributed by atoms with Crippen molar-refractivity contribution in [2.75, 3.05) is 11.4 Å². The number of rotatable bonds is 4. The Balaban J connectivity index is 1.71. The molecule has 2 aromatic carbocycles. The minimum Gasteiger partial charge on any atom is -0.328 e. The van der Waals surface area contributed by atoms with Gasteiger partial charge in [0.15, 0.2) is 0 Å². The van der Waals surface area contributed by atoms with Crippen LogP contribution >= 0.6 is 0 Å². The predicted molar refractivity (Wildman–Crippen MR) is 106 cm³/mol. The number of amides is 1. The van der Waals surface area contributed by atoms with Crippen LogP contribution in [0.4, 0.5) is 5.69 Å². The van der Waals surface area contributed by atoms with Crippen molar-refractivity contribution in [3.8, 4) is 0 Å². The molecule has 1 amide bonds. The molecule has 0 unspecified atom stereocenters. The van der Waals surface area contributed by atoms with Crippen molar-refractivity contribution in [2.24, 2.45) is 0 Å². The first-order chi connectivity index (χ1) is 12.6. The number of para-hydroxylation sites is 2. The average molecular weight is 347 g/mol. The Labute approximate surface area is 154 Å². The lowest BCUT2D eigenvalue weighted by Crippen LogP contribution is -2.24. The summed E-state index contributed by atoms with van der Waals surface area (Å²) in [5.74, 6) is 1.38. The molecule has 26 heavy (non-hydrogen) atoms. The van der Waals surface area contributed by atoms with Crippen LogP contribution in [0.3, 0.4) is 0 Å². The largest absolute Gasteiger partial charge is 0.328 e. The molecule has 0 aliphatic carbocycles. The third-order valence-electron chi connectivity index (χ3n) is 5.14. The van der Waals surface area contributed by atoms with Gasteiger partial charge >= 0.3 is 0 Å². The molecule has 0 N–H and O–H groups in total. The van der Waals surface area contributed by atoms with E-state index in [-0.39, 0.29) is 11.8 Å². The first-order valence-corrected chi connectivity index (χ1v) is 9.40. The van der Waals surface area contributed by atoms with Gasteiger partial charge in [0.2, 0.25) is 5.91 Å². The Morgan fingerprint density at radius 2 is 1.85 bits per heavy atom. The maximum atomic E-state index is 12.8. The summed E-state index contributed by atoms with van der Waals surface area (Å²) < 4.78 is 2.30. The van der Waals surface area contributed by atoms with Crippen molar-refractivity contribution in [3.63, 3.8) is 0 Å². The molecule has 0 bridgehead atoms. The van der Waals surface area contributed by atoms with Crippen molar-refractivity contribution in [1.29, 1.82) is 0 Å². The van der Waals surface area contributed by atoms with Gasteiger partial charge in [0, 0.05) is 31.1 Å². The zero-order chi connectivity index (χ0) is 18.3. The topological polar surface area (TPSA) is 38.1 Å². The van der Waals surface area contributed by atoms with Crippen LogP contribution in [0, 0.1) is 13.8 Å². The highest BCUT2D eigenvalue weighted by Crippen LogP contribution is 2.34. The molecule has 0 radical (unpaired) electrons. The molecule has 4 nitrogen and oxygen atoms in total. The van der Waals surface area contributed by atoms with Crippen LogP contribution in [-0.2, 0) is 11.3 Å². The van der Waals surface area contributed by atoms with Crippen LogP contribution < -0.4 is 4.90 Å². The summed E-state index contributed by atoms with van der Waals surface area (Å²) in [4.78, 5) is 19.6. The Morgan fingerprint density at radius 3 is 2.58 bits per heavy atom. The van der Waals surface area contributed by atoms with E-state index < -0.39 is 0 Å². The average Bonchev–Trinajstić information content (AvgIpc) is 3.15. The van der Waals surface area contributed by atoms with E-state index in [9.17, 15) is 4.79 Å². The van der Waals surface area contributed by atoms with Gasteiger partial charge in [-0.15, -0.1) is 0 Å². The summed E-state index contributed by atoms with van der Waals surface area (Å²) >= 11 is 0. The summed E-state index contributed by atoms with van der Waals surface area (Å²) in [5.41, 5.74) is 5.58. The molecule has 134 valence electrons. The lowest BCUT2D eigenvalue weighted by atomic mass is 10.1. The van der Waals surface area contributed by atoms with Gasteiger partial charge in [-0.25, -0.2) is 4.98 Å². The first-order valence-electron chi connectivity index (χ1n) is 9.40. The fraction of sp³-hybridized carbons (Fsp3) is 0.364. The number of nitrogens with zero attached hydrogens (tertiary/aromatic N) is 3. The van der Waals surface area contributed by atoms with E-state index in [0.29, 0.717) is 13.0 Å². The van der Waals surface area contributed by atoms with Crippen molar-refractivity contribution in [2.45, 2.75) is 46.1 Å². The van der Waals surface area contributed by atoms with Gasteiger partial charge in [0.05, 0.1) is 11.0 Å². The number of aryl methyl sites for hydroxylation is 3. The van der Waals surface area contributed by atoms with Crippen molar-refractivity contribution in [1.82, 2.24) is 9.55 Å². The van der Waals surface area contributed by atoms with Gasteiger partial charge in [0.1, 0.15) is 5.82 Å². The molecule has 1 aliphatic rings. The molecule has 2 heterocycles. The Morgan fingerprint density at radius 1 is 1.12 bits per heavy atom. The fourth-order valence-corrected chi connectivity index (χ4v) is 4.10. The van der Waals surface area contributed by atoms with Crippen LogP contribution in [0.1, 0.15) is 42.6 Å². The number of benzene rings is 2. The highest BCUT2D eigenvalue weighted by Gasteiger charge is 2.34. The van der Waals surface area contributed by atoms with Gasteiger partial charge < -0.3 is 9.47 Å². The molecule has 4 heteroatoms. The molecule has 1 fully saturated rings. The zero-order valence-electron chi connectivity index (χ0n) is 15.7. The third kappa shape index (κ3) is 2.90. The third-order valence-corrected chi connectivity index (χ3v) is 5.14. The van der Waals surface area contributed by atoms with Crippen LogP contribution in [0.2, 0.25) is 0 Å². The lowest BCUT2D eigenvalue weighted by Gasteiger charge is -2.18.